The maximum atomic E-state index is 12.7. The third-order valence-corrected chi connectivity index (χ3v) is 5.24. The largest absolute Gasteiger partial charge is 0.337 e. The van der Waals surface area contributed by atoms with Crippen LogP contribution in [0.2, 0.25) is 5.02 Å². The molecule has 1 saturated heterocycles. The average molecular weight is 370 g/mol. The van der Waals surface area contributed by atoms with Crippen molar-refractivity contribution in [3.05, 3.63) is 58.6 Å². The van der Waals surface area contributed by atoms with Gasteiger partial charge in [-0.05, 0) is 25.3 Å². The van der Waals surface area contributed by atoms with Crippen LogP contribution in [0.15, 0.2) is 36.7 Å². The molecule has 1 aliphatic heterocycles. The van der Waals surface area contributed by atoms with E-state index in [-0.39, 0.29) is 11.8 Å². The molecule has 0 unspecified atom stereocenters. The minimum absolute atomic E-state index is 0.103. The SMILES string of the molecule is Cc1ccc(-c2cn[nH]c2[C@@H]2CCCN(C(=O)c3[nH]ncc3Cl)C2)cc1. The fourth-order valence-corrected chi connectivity index (χ4v) is 3.72. The summed E-state index contributed by atoms with van der Waals surface area (Å²) in [5.41, 5.74) is 4.91. The van der Waals surface area contributed by atoms with Gasteiger partial charge in [0.15, 0.2) is 0 Å². The Morgan fingerprint density at radius 3 is 2.69 bits per heavy atom. The molecule has 7 heteroatoms. The number of halogens is 1. The number of amides is 1. The number of hydrogen-bond donors (Lipinski definition) is 2. The molecule has 0 radical (unpaired) electrons. The number of likely N-dealkylation sites (tertiary alicyclic amines) is 1. The fourth-order valence-electron chi connectivity index (χ4n) is 3.55. The molecule has 1 fully saturated rings. The molecule has 3 aromatic rings. The van der Waals surface area contributed by atoms with Gasteiger partial charge in [0.2, 0.25) is 0 Å². The number of hydrogen-bond acceptors (Lipinski definition) is 3. The molecule has 1 aromatic carbocycles. The van der Waals surface area contributed by atoms with E-state index in [1.165, 1.54) is 11.8 Å². The highest BCUT2D eigenvalue weighted by atomic mass is 35.5. The lowest BCUT2D eigenvalue weighted by molar-refractivity contribution is 0.0700. The molecule has 0 aliphatic carbocycles. The molecular formula is C19H20ClN5O. The summed E-state index contributed by atoms with van der Waals surface area (Å²) in [6, 6.07) is 8.42. The van der Waals surface area contributed by atoms with Crippen molar-refractivity contribution in [1.29, 1.82) is 0 Å². The Kier molecular flexibility index (Phi) is 4.51. The van der Waals surface area contributed by atoms with Gasteiger partial charge in [-0.3, -0.25) is 15.0 Å². The highest BCUT2D eigenvalue weighted by molar-refractivity contribution is 6.33. The number of benzene rings is 1. The molecule has 134 valence electrons. The smallest absolute Gasteiger partial charge is 0.273 e. The zero-order valence-corrected chi connectivity index (χ0v) is 15.3. The summed E-state index contributed by atoms with van der Waals surface area (Å²) in [5, 5.41) is 14.3. The van der Waals surface area contributed by atoms with E-state index in [0.717, 1.165) is 36.2 Å². The van der Waals surface area contributed by atoms with Crippen LogP contribution in [0.4, 0.5) is 0 Å². The van der Waals surface area contributed by atoms with Crippen molar-refractivity contribution in [1.82, 2.24) is 25.3 Å². The van der Waals surface area contributed by atoms with Crippen molar-refractivity contribution in [2.45, 2.75) is 25.7 Å². The molecule has 2 N–H and O–H groups in total. The standard InChI is InChI=1S/C19H20ClN5O/c1-12-4-6-13(7-5-12)15-9-21-23-17(15)14-3-2-8-25(11-14)19(26)18-16(20)10-22-24-18/h4-7,9-10,14H,2-3,8,11H2,1H3,(H,21,23)(H,22,24)/t14-/m1/s1. The van der Waals surface area contributed by atoms with Gasteiger partial charge in [0.1, 0.15) is 5.69 Å². The van der Waals surface area contributed by atoms with Crippen molar-refractivity contribution in [2.24, 2.45) is 0 Å². The monoisotopic (exact) mass is 369 g/mol. The van der Waals surface area contributed by atoms with E-state index in [1.54, 1.807) is 0 Å². The Balaban J connectivity index is 1.57. The normalized spacial score (nSPS) is 17.5. The predicted octanol–water partition coefficient (Wildman–Crippen LogP) is 3.78. The summed E-state index contributed by atoms with van der Waals surface area (Å²) in [6.45, 7) is 3.43. The lowest BCUT2D eigenvalue weighted by atomic mass is 9.90. The lowest BCUT2D eigenvalue weighted by Gasteiger charge is -2.32. The van der Waals surface area contributed by atoms with Gasteiger partial charge in [0, 0.05) is 30.3 Å². The number of H-pyrrole nitrogens is 2. The molecule has 0 spiro atoms. The number of aromatic nitrogens is 4. The van der Waals surface area contributed by atoms with Crippen LogP contribution in [0.5, 0.6) is 0 Å². The zero-order valence-electron chi connectivity index (χ0n) is 14.5. The Labute approximate surface area is 156 Å². The molecule has 2 aromatic heterocycles. The van der Waals surface area contributed by atoms with E-state index in [1.807, 2.05) is 11.1 Å². The van der Waals surface area contributed by atoms with E-state index in [4.69, 9.17) is 11.6 Å². The predicted molar refractivity (Wildman–Crippen MR) is 100 cm³/mol. The van der Waals surface area contributed by atoms with Gasteiger partial charge in [-0.2, -0.15) is 10.2 Å². The van der Waals surface area contributed by atoms with Gasteiger partial charge in [-0.1, -0.05) is 41.4 Å². The van der Waals surface area contributed by atoms with Crippen molar-refractivity contribution in [2.75, 3.05) is 13.1 Å². The zero-order chi connectivity index (χ0) is 18.1. The molecule has 3 heterocycles. The molecule has 0 bridgehead atoms. The first kappa shape index (κ1) is 16.8. The Bertz CT molecular complexity index is 914. The van der Waals surface area contributed by atoms with Crippen LogP contribution in [0.25, 0.3) is 11.1 Å². The summed E-state index contributed by atoms with van der Waals surface area (Å²) in [7, 11) is 0. The third kappa shape index (κ3) is 3.12. The number of piperidine rings is 1. The maximum Gasteiger partial charge on any atom is 0.273 e. The van der Waals surface area contributed by atoms with Crippen LogP contribution >= 0.6 is 11.6 Å². The van der Waals surface area contributed by atoms with Crippen LogP contribution in [0.1, 0.15) is 40.5 Å². The van der Waals surface area contributed by atoms with E-state index < -0.39 is 0 Å². The van der Waals surface area contributed by atoms with E-state index >= 15 is 0 Å². The quantitative estimate of drug-likeness (QED) is 0.737. The number of nitrogens with one attached hydrogen (secondary N) is 2. The van der Waals surface area contributed by atoms with Crippen LogP contribution in [-0.4, -0.2) is 44.3 Å². The molecule has 6 nitrogen and oxygen atoms in total. The molecule has 26 heavy (non-hydrogen) atoms. The van der Waals surface area contributed by atoms with Gasteiger partial charge in [0.25, 0.3) is 5.91 Å². The molecular weight excluding hydrogens is 350 g/mol. The summed E-state index contributed by atoms with van der Waals surface area (Å²) < 4.78 is 0. The topological polar surface area (TPSA) is 77.7 Å². The molecule has 1 aliphatic rings. The fraction of sp³-hybridized carbons (Fsp3) is 0.316. The number of carbonyl (C=O) groups is 1. The first-order valence-corrected chi connectivity index (χ1v) is 9.09. The van der Waals surface area contributed by atoms with E-state index in [0.29, 0.717) is 17.3 Å². The first-order chi connectivity index (χ1) is 12.6. The number of carbonyl (C=O) groups excluding carboxylic acids is 1. The summed E-state index contributed by atoms with van der Waals surface area (Å²) in [5.74, 6) is 0.113. The van der Waals surface area contributed by atoms with Gasteiger partial charge in [-0.25, -0.2) is 0 Å². The number of rotatable bonds is 3. The van der Waals surface area contributed by atoms with Gasteiger partial charge >= 0.3 is 0 Å². The lowest BCUT2D eigenvalue weighted by Crippen LogP contribution is -2.39. The van der Waals surface area contributed by atoms with Crippen molar-refractivity contribution in [3.63, 3.8) is 0 Å². The Morgan fingerprint density at radius 2 is 1.96 bits per heavy atom. The van der Waals surface area contributed by atoms with Gasteiger partial charge in [0.05, 0.1) is 17.4 Å². The van der Waals surface area contributed by atoms with Gasteiger partial charge < -0.3 is 4.90 Å². The van der Waals surface area contributed by atoms with Crippen LogP contribution in [-0.2, 0) is 0 Å². The second-order valence-corrected chi connectivity index (χ2v) is 7.15. The van der Waals surface area contributed by atoms with Crippen molar-refractivity contribution < 1.29 is 4.79 Å². The van der Waals surface area contributed by atoms with Crippen molar-refractivity contribution >= 4 is 17.5 Å². The number of nitrogens with zero attached hydrogens (tertiary/aromatic N) is 3. The van der Waals surface area contributed by atoms with Crippen LogP contribution < -0.4 is 0 Å². The molecule has 1 atom stereocenters. The highest BCUT2D eigenvalue weighted by Crippen LogP contribution is 2.33. The van der Waals surface area contributed by atoms with E-state index in [9.17, 15) is 4.79 Å². The average Bonchev–Trinajstić information content (AvgIpc) is 3.31. The Morgan fingerprint density at radius 1 is 1.19 bits per heavy atom. The summed E-state index contributed by atoms with van der Waals surface area (Å²) >= 11 is 6.05. The van der Waals surface area contributed by atoms with Crippen LogP contribution in [0, 0.1) is 6.92 Å². The Hall–Kier alpha value is -2.60. The van der Waals surface area contributed by atoms with Crippen LogP contribution in [0.3, 0.4) is 0 Å². The highest BCUT2D eigenvalue weighted by Gasteiger charge is 2.29. The second-order valence-electron chi connectivity index (χ2n) is 6.75. The minimum Gasteiger partial charge on any atom is -0.337 e. The number of aromatic amines is 2. The minimum atomic E-state index is -0.103. The third-order valence-electron chi connectivity index (χ3n) is 4.96. The summed E-state index contributed by atoms with van der Waals surface area (Å²) in [4.78, 5) is 14.6. The number of aryl methyl sites for hydroxylation is 1. The molecule has 4 rings (SSSR count). The van der Waals surface area contributed by atoms with E-state index in [2.05, 4.69) is 51.6 Å². The molecule has 0 saturated carbocycles. The molecule has 1 amide bonds. The second kappa shape index (κ2) is 6.96. The maximum absolute atomic E-state index is 12.7. The van der Waals surface area contributed by atoms with Crippen molar-refractivity contribution in [3.8, 4) is 11.1 Å². The van der Waals surface area contributed by atoms with Gasteiger partial charge in [-0.15, -0.1) is 0 Å². The summed E-state index contributed by atoms with van der Waals surface area (Å²) in [6.07, 6.45) is 5.28. The first-order valence-electron chi connectivity index (χ1n) is 8.72.